The number of nitrogens with zero attached hydrogens (tertiary/aromatic N) is 2. The average Bonchev–Trinajstić information content (AvgIpc) is 3.26. The molecule has 3 aromatic rings. The molecule has 7 heteroatoms. The number of rotatable bonds is 5. The summed E-state index contributed by atoms with van der Waals surface area (Å²) in [6.07, 6.45) is 6.34. The molecule has 1 aromatic heterocycles. The summed E-state index contributed by atoms with van der Waals surface area (Å²) in [7, 11) is 0. The Labute approximate surface area is 192 Å². The van der Waals surface area contributed by atoms with Crippen molar-refractivity contribution in [3.05, 3.63) is 65.4 Å². The lowest BCUT2D eigenvalue weighted by atomic mass is 10.0. The molecule has 5 rings (SSSR count). The molecule has 0 unspecified atom stereocenters. The molecular formula is C26H28N4O3. The number of aryl methyl sites for hydroxylation is 1. The van der Waals surface area contributed by atoms with E-state index in [1.807, 2.05) is 31.2 Å². The van der Waals surface area contributed by atoms with Gasteiger partial charge in [-0.15, -0.1) is 0 Å². The van der Waals surface area contributed by atoms with E-state index in [1.165, 1.54) is 4.68 Å². The zero-order valence-electron chi connectivity index (χ0n) is 18.7. The minimum atomic E-state index is -0.217. The van der Waals surface area contributed by atoms with E-state index < -0.39 is 0 Å². The van der Waals surface area contributed by atoms with E-state index in [4.69, 9.17) is 0 Å². The summed E-state index contributed by atoms with van der Waals surface area (Å²) >= 11 is 0. The SMILES string of the molecule is Cc1ccccc1C(=O)Nc1ccc(O)c(-c2cc(C3CCCC3)n(C(=O)NC3CC3)n2)c1. The van der Waals surface area contributed by atoms with Gasteiger partial charge in [-0.3, -0.25) is 4.79 Å². The van der Waals surface area contributed by atoms with Gasteiger partial charge in [-0.05, 0) is 68.5 Å². The molecule has 2 aromatic carbocycles. The van der Waals surface area contributed by atoms with Gasteiger partial charge >= 0.3 is 6.03 Å². The van der Waals surface area contributed by atoms with E-state index in [9.17, 15) is 14.7 Å². The third-order valence-electron chi connectivity index (χ3n) is 6.53. The lowest BCUT2D eigenvalue weighted by molar-refractivity contribution is 0.102. The van der Waals surface area contributed by atoms with Crippen LogP contribution < -0.4 is 10.6 Å². The number of aromatic nitrogens is 2. The number of amides is 2. The smallest absolute Gasteiger partial charge is 0.342 e. The summed E-state index contributed by atoms with van der Waals surface area (Å²) in [5, 5.41) is 21.1. The highest BCUT2D eigenvalue weighted by molar-refractivity contribution is 6.05. The number of hydrogen-bond acceptors (Lipinski definition) is 4. The van der Waals surface area contributed by atoms with Gasteiger partial charge in [0.1, 0.15) is 5.75 Å². The first-order valence-electron chi connectivity index (χ1n) is 11.6. The molecule has 0 atom stereocenters. The van der Waals surface area contributed by atoms with Crippen molar-refractivity contribution in [2.24, 2.45) is 0 Å². The topological polar surface area (TPSA) is 96.2 Å². The van der Waals surface area contributed by atoms with Crippen LogP contribution in [0.5, 0.6) is 5.75 Å². The van der Waals surface area contributed by atoms with Gasteiger partial charge in [-0.25, -0.2) is 4.79 Å². The highest BCUT2D eigenvalue weighted by atomic mass is 16.3. The maximum absolute atomic E-state index is 12.9. The lowest BCUT2D eigenvalue weighted by Crippen LogP contribution is -2.32. The van der Waals surface area contributed by atoms with Gasteiger partial charge < -0.3 is 15.7 Å². The second-order valence-electron chi connectivity index (χ2n) is 9.07. The molecule has 1 heterocycles. The Morgan fingerprint density at radius 3 is 2.52 bits per heavy atom. The van der Waals surface area contributed by atoms with Crippen molar-refractivity contribution in [2.75, 3.05) is 5.32 Å². The van der Waals surface area contributed by atoms with Crippen LogP contribution in [0.25, 0.3) is 11.3 Å². The standard InChI is InChI=1S/C26H28N4O3/c1-16-6-2-5-9-20(16)25(32)27-19-12-13-24(31)21(14-19)22-15-23(17-7-3-4-8-17)30(29-22)26(33)28-18-10-11-18/h2,5-6,9,12-15,17-18,31H,3-4,7-8,10-11H2,1H3,(H,27,32)(H,28,33). The molecule has 0 bridgehead atoms. The van der Waals surface area contributed by atoms with Gasteiger partial charge in [0.25, 0.3) is 5.91 Å². The van der Waals surface area contributed by atoms with Crippen LogP contribution in [0.1, 0.15) is 66.1 Å². The second kappa shape index (κ2) is 8.73. The molecule has 2 saturated carbocycles. The summed E-state index contributed by atoms with van der Waals surface area (Å²) in [6, 6.07) is 14.2. The van der Waals surface area contributed by atoms with Crippen molar-refractivity contribution in [3.8, 4) is 17.0 Å². The van der Waals surface area contributed by atoms with Crippen LogP contribution in [0.3, 0.4) is 0 Å². The molecule has 33 heavy (non-hydrogen) atoms. The van der Waals surface area contributed by atoms with E-state index in [1.54, 1.807) is 24.3 Å². The third-order valence-corrected chi connectivity index (χ3v) is 6.53. The summed E-state index contributed by atoms with van der Waals surface area (Å²) in [5.41, 5.74) is 3.92. The first-order chi connectivity index (χ1) is 16.0. The molecule has 0 radical (unpaired) electrons. The fourth-order valence-electron chi connectivity index (χ4n) is 4.51. The highest BCUT2D eigenvalue weighted by Gasteiger charge is 2.29. The van der Waals surface area contributed by atoms with Crippen molar-refractivity contribution in [1.82, 2.24) is 15.1 Å². The maximum atomic E-state index is 12.9. The molecule has 2 amide bonds. The second-order valence-corrected chi connectivity index (χ2v) is 9.07. The van der Waals surface area contributed by atoms with Gasteiger partial charge in [0, 0.05) is 28.8 Å². The molecule has 2 aliphatic carbocycles. The van der Waals surface area contributed by atoms with Crippen molar-refractivity contribution < 1.29 is 14.7 Å². The van der Waals surface area contributed by atoms with Crippen molar-refractivity contribution in [1.29, 1.82) is 0 Å². The van der Waals surface area contributed by atoms with Crippen LogP contribution >= 0.6 is 0 Å². The summed E-state index contributed by atoms with van der Waals surface area (Å²) in [6.45, 7) is 1.89. The van der Waals surface area contributed by atoms with Gasteiger partial charge in [0.2, 0.25) is 0 Å². The van der Waals surface area contributed by atoms with E-state index in [2.05, 4.69) is 15.7 Å². The Hall–Kier alpha value is -3.61. The number of phenols is 1. The normalized spacial score (nSPS) is 16.0. The van der Waals surface area contributed by atoms with Crippen LogP contribution in [0, 0.1) is 6.92 Å². The van der Waals surface area contributed by atoms with Crippen molar-refractivity contribution in [3.63, 3.8) is 0 Å². The number of nitrogens with one attached hydrogen (secondary N) is 2. The maximum Gasteiger partial charge on any atom is 0.342 e. The first-order valence-corrected chi connectivity index (χ1v) is 11.6. The van der Waals surface area contributed by atoms with Crippen LogP contribution in [-0.4, -0.2) is 32.9 Å². The zero-order chi connectivity index (χ0) is 22.9. The minimum absolute atomic E-state index is 0.0501. The molecule has 7 nitrogen and oxygen atoms in total. The molecule has 170 valence electrons. The number of anilines is 1. The van der Waals surface area contributed by atoms with Crippen LogP contribution in [0.2, 0.25) is 0 Å². The number of carbonyl (C=O) groups is 2. The van der Waals surface area contributed by atoms with E-state index in [0.29, 0.717) is 22.5 Å². The summed E-state index contributed by atoms with van der Waals surface area (Å²) in [5.74, 6) is 0.113. The molecular weight excluding hydrogens is 416 g/mol. The van der Waals surface area contributed by atoms with Crippen molar-refractivity contribution >= 4 is 17.6 Å². The van der Waals surface area contributed by atoms with Crippen LogP contribution in [-0.2, 0) is 0 Å². The zero-order valence-corrected chi connectivity index (χ0v) is 18.7. The van der Waals surface area contributed by atoms with Gasteiger partial charge in [-0.2, -0.15) is 9.78 Å². The van der Waals surface area contributed by atoms with Gasteiger partial charge in [0.15, 0.2) is 0 Å². The van der Waals surface area contributed by atoms with Crippen molar-refractivity contribution in [2.45, 2.75) is 57.4 Å². The average molecular weight is 445 g/mol. The van der Waals surface area contributed by atoms with E-state index in [0.717, 1.165) is 49.8 Å². The quantitative estimate of drug-likeness (QED) is 0.472. The Kier molecular flexibility index (Phi) is 5.62. The monoisotopic (exact) mass is 444 g/mol. The number of hydrogen-bond donors (Lipinski definition) is 3. The largest absolute Gasteiger partial charge is 0.507 e. The number of benzene rings is 2. The fourth-order valence-corrected chi connectivity index (χ4v) is 4.51. The Bertz CT molecular complexity index is 1210. The Morgan fingerprint density at radius 1 is 1.03 bits per heavy atom. The van der Waals surface area contributed by atoms with Crippen LogP contribution in [0.15, 0.2) is 48.5 Å². The van der Waals surface area contributed by atoms with Gasteiger partial charge in [0.05, 0.1) is 11.4 Å². The third kappa shape index (κ3) is 4.49. The number of aromatic hydroxyl groups is 1. The molecule has 0 aliphatic heterocycles. The number of phenolic OH excluding ortho intramolecular Hbond substituents is 1. The molecule has 0 saturated heterocycles. The molecule has 2 fully saturated rings. The Morgan fingerprint density at radius 2 is 1.79 bits per heavy atom. The highest BCUT2D eigenvalue weighted by Crippen LogP contribution is 2.38. The first kappa shape index (κ1) is 21.2. The van der Waals surface area contributed by atoms with Gasteiger partial charge in [-0.1, -0.05) is 31.0 Å². The number of carbonyl (C=O) groups excluding carboxylic acids is 2. The Balaban J connectivity index is 1.46. The van der Waals surface area contributed by atoms with Crippen LogP contribution in [0.4, 0.5) is 10.5 Å². The minimum Gasteiger partial charge on any atom is -0.507 e. The fraction of sp³-hybridized carbons (Fsp3) is 0.346. The molecule has 3 N–H and O–H groups in total. The predicted octanol–water partition coefficient (Wildman–Crippen LogP) is 5.19. The van der Waals surface area contributed by atoms with E-state index in [-0.39, 0.29) is 29.6 Å². The molecule has 2 aliphatic rings. The molecule has 0 spiro atoms. The summed E-state index contributed by atoms with van der Waals surface area (Å²) < 4.78 is 1.47. The summed E-state index contributed by atoms with van der Waals surface area (Å²) in [4.78, 5) is 25.6. The van der Waals surface area contributed by atoms with E-state index >= 15 is 0 Å². The lowest BCUT2D eigenvalue weighted by Gasteiger charge is -2.11. The predicted molar refractivity (Wildman–Crippen MR) is 127 cm³/mol.